The van der Waals surface area contributed by atoms with Gasteiger partial charge >= 0.3 is 17.9 Å². The van der Waals surface area contributed by atoms with Crippen molar-refractivity contribution in [3.8, 4) is 11.5 Å². The van der Waals surface area contributed by atoms with E-state index in [0.29, 0.717) is 17.8 Å². The molecule has 1 aromatic carbocycles. The zero-order chi connectivity index (χ0) is 26.8. The van der Waals surface area contributed by atoms with Crippen LogP contribution in [0.5, 0.6) is 0 Å². The number of hydrogen-bond acceptors (Lipinski definition) is 10. The summed E-state index contributed by atoms with van der Waals surface area (Å²) in [6.07, 6.45) is 1.65. The normalized spacial score (nSPS) is 13.8. The molecule has 1 aliphatic heterocycles. The molecule has 1 aliphatic rings. The van der Waals surface area contributed by atoms with Crippen molar-refractivity contribution in [2.45, 2.75) is 6.54 Å². The molecule has 2 aromatic heterocycles. The Morgan fingerprint density at radius 3 is 2.24 bits per heavy atom. The highest BCUT2D eigenvalue weighted by atomic mass is 32.1. The SMILES string of the molecule is COC(=O)c1ccc(NC(=O)CN2CCN(Cc3nc(-c4ccco4)cs3)CC2)cc1.O=C(O)C(=O)O. The molecule has 196 valence electrons. The molecule has 37 heavy (non-hydrogen) atoms. The van der Waals surface area contributed by atoms with Crippen molar-refractivity contribution in [2.24, 2.45) is 0 Å². The number of hydrogen-bond donors (Lipinski definition) is 3. The fourth-order valence-corrected chi connectivity index (χ4v) is 4.25. The number of amides is 1. The highest BCUT2D eigenvalue weighted by molar-refractivity contribution is 7.09. The minimum atomic E-state index is -1.82. The lowest BCUT2D eigenvalue weighted by Crippen LogP contribution is -2.48. The van der Waals surface area contributed by atoms with Crippen LogP contribution < -0.4 is 5.32 Å². The summed E-state index contributed by atoms with van der Waals surface area (Å²) in [6, 6.07) is 10.4. The molecule has 1 saturated heterocycles. The van der Waals surface area contributed by atoms with Crippen LogP contribution in [0.4, 0.5) is 5.69 Å². The molecule has 0 atom stereocenters. The first kappa shape index (κ1) is 27.5. The second kappa shape index (κ2) is 13.3. The Hall–Kier alpha value is -4.07. The standard InChI is InChI=1S/C22H24N4O4S.C2H2O4/c1-29-22(28)16-4-6-17(7-5-16)23-20(27)13-25-8-10-26(11-9-25)14-21-24-18(15-31-21)19-3-2-12-30-19;3-1(4)2(5)6/h2-7,12,15H,8-11,13-14H2,1H3,(H,23,27);(H,3,4)(H,5,6). The largest absolute Gasteiger partial charge is 0.473 e. The summed E-state index contributed by atoms with van der Waals surface area (Å²) in [4.78, 5) is 51.2. The highest BCUT2D eigenvalue weighted by Gasteiger charge is 2.20. The minimum absolute atomic E-state index is 0.0673. The van der Waals surface area contributed by atoms with E-state index in [9.17, 15) is 9.59 Å². The smallest absolute Gasteiger partial charge is 0.414 e. The predicted molar refractivity (Wildman–Crippen MR) is 133 cm³/mol. The van der Waals surface area contributed by atoms with Crippen LogP contribution in [0.25, 0.3) is 11.5 Å². The number of thiazole rings is 1. The predicted octanol–water partition coefficient (Wildman–Crippen LogP) is 2.10. The zero-order valence-electron chi connectivity index (χ0n) is 20.0. The molecule has 0 radical (unpaired) electrons. The number of ether oxygens (including phenoxy) is 1. The number of carbonyl (C=O) groups is 4. The topological polar surface area (TPSA) is 163 Å². The van der Waals surface area contributed by atoms with Crippen LogP contribution in [0.3, 0.4) is 0 Å². The van der Waals surface area contributed by atoms with E-state index in [0.717, 1.165) is 49.2 Å². The Morgan fingerprint density at radius 2 is 1.68 bits per heavy atom. The molecule has 0 saturated carbocycles. The molecule has 13 heteroatoms. The Labute approximate surface area is 216 Å². The number of carbonyl (C=O) groups excluding carboxylic acids is 2. The van der Waals surface area contributed by atoms with Crippen molar-refractivity contribution >= 4 is 40.8 Å². The van der Waals surface area contributed by atoms with Gasteiger partial charge in [-0.2, -0.15) is 0 Å². The molecule has 1 amide bonds. The Kier molecular flexibility index (Phi) is 9.89. The molecule has 4 rings (SSSR count). The van der Waals surface area contributed by atoms with Gasteiger partial charge in [-0.25, -0.2) is 19.4 Å². The highest BCUT2D eigenvalue weighted by Crippen LogP contribution is 2.23. The zero-order valence-corrected chi connectivity index (χ0v) is 20.8. The van der Waals surface area contributed by atoms with E-state index in [1.54, 1.807) is 41.9 Å². The molecule has 3 N–H and O–H groups in total. The summed E-state index contributed by atoms with van der Waals surface area (Å²) in [7, 11) is 1.34. The first-order chi connectivity index (χ1) is 17.7. The third-order valence-electron chi connectivity index (χ3n) is 5.29. The Balaban J connectivity index is 0.000000568. The van der Waals surface area contributed by atoms with E-state index in [1.165, 1.54) is 7.11 Å². The van der Waals surface area contributed by atoms with Gasteiger partial charge in [0.05, 0.1) is 32.0 Å². The van der Waals surface area contributed by atoms with E-state index in [4.69, 9.17) is 24.2 Å². The maximum absolute atomic E-state index is 12.4. The number of furan rings is 1. The van der Waals surface area contributed by atoms with Crippen LogP contribution in [0.1, 0.15) is 15.4 Å². The summed E-state index contributed by atoms with van der Waals surface area (Å²) in [5.41, 5.74) is 1.99. The number of nitrogens with zero attached hydrogens (tertiary/aromatic N) is 3. The molecule has 12 nitrogen and oxygen atoms in total. The van der Waals surface area contributed by atoms with E-state index in [-0.39, 0.29) is 5.91 Å². The molecule has 0 unspecified atom stereocenters. The van der Waals surface area contributed by atoms with Gasteiger partial charge in [0.1, 0.15) is 10.7 Å². The van der Waals surface area contributed by atoms with Crippen molar-refractivity contribution in [3.63, 3.8) is 0 Å². The number of methoxy groups -OCH3 is 1. The number of rotatable bonds is 7. The van der Waals surface area contributed by atoms with Gasteiger partial charge in [-0.1, -0.05) is 0 Å². The number of aromatic nitrogens is 1. The summed E-state index contributed by atoms with van der Waals surface area (Å²) < 4.78 is 10.1. The Bertz CT molecular complexity index is 1190. The van der Waals surface area contributed by atoms with E-state index in [1.807, 2.05) is 17.5 Å². The number of carboxylic acid groups (broad SMARTS) is 2. The molecule has 1 fully saturated rings. The fraction of sp³-hybridized carbons (Fsp3) is 0.292. The molecule has 3 aromatic rings. The van der Waals surface area contributed by atoms with Crippen molar-refractivity contribution in [1.82, 2.24) is 14.8 Å². The lowest BCUT2D eigenvalue weighted by molar-refractivity contribution is -0.159. The average molecular weight is 531 g/mol. The number of carboxylic acids is 2. The number of aliphatic carboxylic acids is 2. The second-order valence-corrected chi connectivity index (χ2v) is 8.83. The van der Waals surface area contributed by atoms with Crippen molar-refractivity contribution < 1.29 is 38.5 Å². The summed E-state index contributed by atoms with van der Waals surface area (Å²) >= 11 is 1.64. The van der Waals surface area contributed by atoms with E-state index < -0.39 is 17.9 Å². The van der Waals surface area contributed by atoms with Gasteiger partial charge in [0.15, 0.2) is 5.76 Å². The van der Waals surface area contributed by atoms with Gasteiger partial charge in [-0.05, 0) is 36.4 Å². The van der Waals surface area contributed by atoms with E-state index in [2.05, 4.69) is 24.8 Å². The summed E-state index contributed by atoms with van der Waals surface area (Å²) in [5, 5.41) is 20.7. The monoisotopic (exact) mass is 530 g/mol. The fourth-order valence-electron chi connectivity index (χ4n) is 3.43. The lowest BCUT2D eigenvalue weighted by atomic mass is 10.2. The van der Waals surface area contributed by atoms with Gasteiger partial charge in [0.2, 0.25) is 5.91 Å². The first-order valence-corrected chi connectivity index (χ1v) is 12.0. The maximum atomic E-state index is 12.4. The van der Waals surface area contributed by atoms with Crippen LogP contribution >= 0.6 is 11.3 Å². The molecular formula is C24H26N4O8S. The Morgan fingerprint density at radius 1 is 1.03 bits per heavy atom. The van der Waals surface area contributed by atoms with Gasteiger partial charge in [-0.15, -0.1) is 11.3 Å². The van der Waals surface area contributed by atoms with Crippen LogP contribution in [-0.2, 0) is 25.7 Å². The van der Waals surface area contributed by atoms with Gasteiger partial charge in [0.25, 0.3) is 0 Å². The molecular weight excluding hydrogens is 504 g/mol. The number of nitrogens with one attached hydrogen (secondary N) is 1. The van der Waals surface area contributed by atoms with Crippen molar-refractivity contribution in [3.05, 3.63) is 58.6 Å². The van der Waals surface area contributed by atoms with Crippen LogP contribution in [0.15, 0.2) is 52.5 Å². The van der Waals surface area contributed by atoms with E-state index >= 15 is 0 Å². The second-order valence-electron chi connectivity index (χ2n) is 7.88. The molecule has 3 heterocycles. The quantitative estimate of drug-likeness (QED) is 0.303. The third-order valence-corrected chi connectivity index (χ3v) is 6.12. The van der Waals surface area contributed by atoms with Crippen LogP contribution in [0, 0.1) is 0 Å². The van der Waals surface area contributed by atoms with Gasteiger partial charge in [-0.3, -0.25) is 14.6 Å². The molecule has 0 bridgehead atoms. The van der Waals surface area contributed by atoms with Crippen molar-refractivity contribution in [2.75, 3.05) is 45.2 Å². The minimum Gasteiger partial charge on any atom is -0.473 e. The summed E-state index contributed by atoms with van der Waals surface area (Å²) in [5.74, 6) is -3.32. The molecule has 0 spiro atoms. The number of benzene rings is 1. The number of esters is 1. The maximum Gasteiger partial charge on any atom is 0.414 e. The van der Waals surface area contributed by atoms with Gasteiger partial charge in [0, 0.05) is 37.2 Å². The van der Waals surface area contributed by atoms with Crippen molar-refractivity contribution in [1.29, 1.82) is 0 Å². The van der Waals surface area contributed by atoms with Crippen LogP contribution in [0.2, 0.25) is 0 Å². The molecule has 0 aliphatic carbocycles. The number of piperazine rings is 1. The summed E-state index contributed by atoms with van der Waals surface area (Å²) in [6.45, 7) is 4.56. The first-order valence-electron chi connectivity index (χ1n) is 11.1. The average Bonchev–Trinajstić information content (AvgIpc) is 3.58. The number of anilines is 1. The van der Waals surface area contributed by atoms with Gasteiger partial charge < -0.3 is 24.7 Å². The lowest BCUT2D eigenvalue weighted by Gasteiger charge is -2.33. The third kappa shape index (κ3) is 8.52. The van der Waals surface area contributed by atoms with Crippen LogP contribution in [-0.4, -0.2) is 88.6 Å².